The lowest BCUT2D eigenvalue weighted by Crippen LogP contribution is -2.42. The van der Waals surface area contributed by atoms with E-state index in [4.69, 9.17) is 0 Å². The number of hydrogen-bond donors (Lipinski definition) is 0. The summed E-state index contributed by atoms with van der Waals surface area (Å²) < 4.78 is 1.86. The number of carbonyl (C=O) groups is 1. The van der Waals surface area contributed by atoms with Crippen molar-refractivity contribution in [3.05, 3.63) is 35.3 Å². The Morgan fingerprint density at radius 2 is 2.40 bits per heavy atom. The minimum atomic E-state index is -0.187. The van der Waals surface area contributed by atoms with Crippen molar-refractivity contribution >= 4 is 17.2 Å². The molecule has 1 amide bonds. The van der Waals surface area contributed by atoms with E-state index in [1.165, 1.54) is 0 Å². The van der Waals surface area contributed by atoms with Crippen molar-refractivity contribution in [1.29, 1.82) is 0 Å². The minimum Gasteiger partial charge on any atom is -0.340 e. The van der Waals surface area contributed by atoms with Gasteiger partial charge in [0.15, 0.2) is 0 Å². The van der Waals surface area contributed by atoms with E-state index in [1.54, 1.807) is 23.9 Å². The van der Waals surface area contributed by atoms with E-state index in [9.17, 15) is 4.79 Å². The van der Waals surface area contributed by atoms with Crippen molar-refractivity contribution in [1.82, 2.24) is 19.4 Å². The van der Waals surface area contributed by atoms with Crippen LogP contribution in [0.15, 0.2) is 30.3 Å². The van der Waals surface area contributed by atoms with Crippen LogP contribution in [0.4, 0.5) is 0 Å². The second-order valence-electron chi connectivity index (χ2n) is 5.18. The average molecular weight is 290 g/mol. The molecular formula is C14H18N4OS. The van der Waals surface area contributed by atoms with Gasteiger partial charge in [-0.1, -0.05) is 0 Å². The first-order valence-corrected chi connectivity index (χ1v) is 7.79. The molecular weight excluding hydrogens is 272 g/mol. The Kier molecular flexibility index (Phi) is 3.82. The molecule has 0 N–H and O–H groups in total. The number of likely N-dealkylation sites (tertiary alicyclic amines) is 1. The van der Waals surface area contributed by atoms with Crippen LogP contribution in [-0.4, -0.2) is 38.4 Å². The quantitative estimate of drug-likeness (QED) is 0.871. The van der Waals surface area contributed by atoms with Crippen LogP contribution >= 0.6 is 11.3 Å². The molecule has 0 unspecified atom stereocenters. The molecule has 2 aromatic heterocycles. The third-order valence-corrected chi connectivity index (χ3v) is 4.80. The van der Waals surface area contributed by atoms with Gasteiger partial charge < -0.3 is 9.47 Å². The molecule has 3 rings (SSSR count). The number of aromatic nitrogens is 3. The average Bonchev–Trinajstić information content (AvgIpc) is 3.18. The summed E-state index contributed by atoms with van der Waals surface area (Å²) >= 11 is 1.69. The third kappa shape index (κ3) is 2.60. The van der Waals surface area contributed by atoms with Gasteiger partial charge in [0.05, 0.1) is 11.3 Å². The molecule has 106 valence electrons. The van der Waals surface area contributed by atoms with Crippen molar-refractivity contribution in [3.8, 4) is 0 Å². The van der Waals surface area contributed by atoms with Crippen molar-refractivity contribution in [2.24, 2.45) is 0 Å². The molecule has 1 aliphatic heterocycles. The number of nitrogens with zero attached hydrogens (tertiary/aromatic N) is 4. The van der Waals surface area contributed by atoms with Gasteiger partial charge in [-0.3, -0.25) is 4.79 Å². The van der Waals surface area contributed by atoms with Crippen LogP contribution in [0, 0.1) is 0 Å². The summed E-state index contributed by atoms with van der Waals surface area (Å²) in [5.41, 5.74) is 0. The van der Waals surface area contributed by atoms with Gasteiger partial charge in [-0.25, -0.2) is 9.97 Å². The molecule has 2 atom stereocenters. The number of amides is 1. The molecule has 0 aliphatic carbocycles. The molecule has 5 nitrogen and oxygen atoms in total. The number of rotatable bonds is 3. The lowest BCUT2D eigenvalue weighted by molar-refractivity contribution is -0.135. The van der Waals surface area contributed by atoms with Crippen molar-refractivity contribution in [2.75, 3.05) is 13.1 Å². The van der Waals surface area contributed by atoms with Crippen molar-refractivity contribution in [2.45, 2.75) is 31.7 Å². The van der Waals surface area contributed by atoms with Gasteiger partial charge in [0, 0.05) is 43.0 Å². The number of imidazole rings is 1. The fourth-order valence-corrected chi connectivity index (χ4v) is 3.47. The first-order valence-electron chi connectivity index (χ1n) is 6.91. The maximum atomic E-state index is 12.6. The summed E-state index contributed by atoms with van der Waals surface area (Å²) in [5, 5.41) is 3.15. The Labute approximate surface area is 122 Å². The van der Waals surface area contributed by atoms with Crippen LogP contribution < -0.4 is 0 Å². The van der Waals surface area contributed by atoms with Gasteiger partial charge in [0.1, 0.15) is 6.04 Å². The third-order valence-electron chi connectivity index (χ3n) is 3.86. The molecule has 2 aromatic rings. The van der Waals surface area contributed by atoms with E-state index in [0.29, 0.717) is 5.92 Å². The van der Waals surface area contributed by atoms with Gasteiger partial charge in [-0.2, -0.15) is 0 Å². The zero-order chi connectivity index (χ0) is 13.9. The van der Waals surface area contributed by atoms with E-state index in [0.717, 1.165) is 30.9 Å². The maximum absolute atomic E-state index is 12.6. The molecule has 0 spiro atoms. The Balaban J connectivity index is 1.69. The van der Waals surface area contributed by atoms with E-state index in [2.05, 4.69) is 9.97 Å². The molecule has 1 aliphatic rings. The van der Waals surface area contributed by atoms with Crippen LogP contribution in [0.3, 0.4) is 0 Å². The standard InChI is InChI=1S/C14H18N4OS/c1-11(18-7-4-15-10-18)14(19)17-6-2-3-12(9-17)13-16-5-8-20-13/h4-5,7-8,10-12H,2-3,6,9H2,1H3/t11-,12+/m1/s1. The highest BCUT2D eigenvalue weighted by Gasteiger charge is 2.29. The highest BCUT2D eigenvalue weighted by molar-refractivity contribution is 7.09. The van der Waals surface area contributed by atoms with Crippen LogP contribution in [0.5, 0.6) is 0 Å². The molecule has 1 saturated heterocycles. The summed E-state index contributed by atoms with van der Waals surface area (Å²) in [5.74, 6) is 0.562. The fourth-order valence-electron chi connectivity index (χ4n) is 2.71. The summed E-state index contributed by atoms with van der Waals surface area (Å²) in [6.07, 6.45) is 9.26. The molecule has 0 saturated carbocycles. The number of carbonyl (C=O) groups excluding carboxylic acids is 1. The normalized spacial score (nSPS) is 20.9. The van der Waals surface area contributed by atoms with Gasteiger partial charge in [0.25, 0.3) is 0 Å². The highest BCUT2D eigenvalue weighted by atomic mass is 32.1. The maximum Gasteiger partial charge on any atom is 0.245 e. The molecule has 0 bridgehead atoms. The Morgan fingerprint density at radius 1 is 1.50 bits per heavy atom. The first-order chi connectivity index (χ1) is 9.75. The number of hydrogen-bond acceptors (Lipinski definition) is 4. The Bertz CT molecular complexity index is 552. The first kappa shape index (κ1) is 13.3. The molecule has 0 aromatic carbocycles. The lowest BCUT2D eigenvalue weighted by atomic mass is 9.98. The van der Waals surface area contributed by atoms with E-state index >= 15 is 0 Å². The summed E-state index contributed by atoms with van der Waals surface area (Å²) in [4.78, 5) is 22.9. The molecule has 20 heavy (non-hydrogen) atoms. The SMILES string of the molecule is C[C@H](C(=O)N1CCC[C@H](c2nccs2)C1)n1ccnc1. The van der Waals surface area contributed by atoms with E-state index < -0.39 is 0 Å². The second kappa shape index (κ2) is 5.75. The zero-order valence-electron chi connectivity index (χ0n) is 11.5. The summed E-state index contributed by atoms with van der Waals surface area (Å²) in [6.45, 7) is 3.56. The topological polar surface area (TPSA) is 51.0 Å². The summed E-state index contributed by atoms with van der Waals surface area (Å²) in [7, 11) is 0. The molecule has 3 heterocycles. The Morgan fingerprint density at radius 3 is 3.10 bits per heavy atom. The smallest absolute Gasteiger partial charge is 0.245 e. The van der Waals surface area contributed by atoms with Crippen molar-refractivity contribution < 1.29 is 4.79 Å². The monoisotopic (exact) mass is 290 g/mol. The number of thiazole rings is 1. The van der Waals surface area contributed by atoms with E-state index in [-0.39, 0.29) is 11.9 Å². The van der Waals surface area contributed by atoms with E-state index in [1.807, 2.05) is 34.2 Å². The Hall–Kier alpha value is -1.69. The van der Waals surface area contributed by atoms with Gasteiger partial charge in [-0.15, -0.1) is 11.3 Å². The van der Waals surface area contributed by atoms with Gasteiger partial charge in [-0.05, 0) is 19.8 Å². The zero-order valence-corrected chi connectivity index (χ0v) is 12.3. The van der Waals surface area contributed by atoms with Crippen LogP contribution in [0.2, 0.25) is 0 Å². The molecule has 1 fully saturated rings. The predicted octanol–water partition coefficient (Wildman–Crippen LogP) is 2.31. The van der Waals surface area contributed by atoms with Gasteiger partial charge in [0.2, 0.25) is 5.91 Å². The molecule has 6 heteroatoms. The summed E-state index contributed by atoms with van der Waals surface area (Å²) in [6, 6.07) is -0.187. The molecule has 0 radical (unpaired) electrons. The van der Waals surface area contributed by atoms with Crippen molar-refractivity contribution in [3.63, 3.8) is 0 Å². The van der Waals surface area contributed by atoms with Gasteiger partial charge >= 0.3 is 0 Å². The lowest BCUT2D eigenvalue weighted by Gasteiger charge is -2.33. The van der Waals surface area contributed by atoms with Crippen LogP contribution in [0.1, 0.15) is 36.7 Å². The number of piperidine rings is 1. The van der Waals surface area contributed by atoms with Crippen LogP contribution in [0.25, 0.3) is 0 Å². The highest BCUT2D eigenvalue weighted by Crippen LogP contribution is 2.29. The fraction of sp³-hybridized carbons (Fsp3) is 0.500. The van der Waals surface area contributed by atoms with Crippen LogP contribution in [-0.2, 0) is 4.79 Å². The predicted molar refractivity (Wildman–Crippen MR) is 77.6 cm³/mol. The largest absolute Gasteiger partial charge is 0.340 e. The second-order valence-corrected chi connectivity index (χ2v) is 6.11. The minimum absolute atomic E-state index is 0.171.